The number of rotatable bonds is 12. The molecule has 0 aliphatic rings. The molecule has 1 atom stereocenters. The molecule has 2 N–H and O–H groups in total. The standard InChI is InChI=1S/C28H38N4O4/c1-21(2)15-16-26(33)32(25(28(35)30-36)14-8-12-23-10-6-5-7-11-23)31(20-22(3)4)27(34)18-24-13-9-17-29-19-24/h5-13,17,19,21-22,25,36H,14-16,18,20H2,1-4H3,(H,30,35)/t25-/m0/s1. The highest BCUT2D eigenvalue weighted by atomic mass is 16.5. The molecule has 0 saturated heterocycles. The predicted molar refractivity (Wildman–Crippen MR) is 139 cm³/mol. The largest absolute Gasteiger partial charge is 0.289 e. The molecule has 2 rings (SSSR count). The van der Waals surface area contributed by atoms with E-state index in [-0.39, 0.29) is 49.5 Å². The van der Waals surface area contributed by atoms with Crippen LogP contribution in [0.25, 0.3) is 6.08 Å². The molecule has 0 saturated carbocycles. The first kappa shape index (κ1) is 28.7. The Balaban J connectivity index is 2.44. The molecule has 0 fully saturated rings. The molecule has 0 bridgehead atoms. The van der Waals surface area contributed by atoms with Crippen LogP contribution in [0.2, 0.25) is 0 Å². The Hall–Kier alpha value is -3.52. The third-order valence-electron chi connectivity index (χ3n) is 5.53. The van der Waals surface area contributed by atoms with Crippen LogP contribution in [0.5, 0.6) is 0 Å². The van der Waals surface area contributed by atoms with Gasteiger partial charge in [-0.1, -0.05) is 76.2 Å². The summed E-state index contributed by atoms with van der Waals surface area (Å²) in [5, 5.41) is 12.2. The highest BCUT2D eigenvalue weighted by Gasteiger charge is 2.36. The first-order valence-corrected chi connectivity index (χ1v) is 12.4. The fraction of sp³-hybridized carbons (Fsp3) is 0.429. The lowest BCUT2D eigenvalue weighted by Crippen LogP contribution is -2.59. The second kappa shape index (κ2) is 14.8. The van der Waals surface area contributed by atoms with Crippen LogP contribution in [0.4, 0.5) is 0 Å². The van der Waals surface area contributed by atoms with Crippen LogP contribution in [0.1, 0.15) is 58.1 Å². The van der Waals surface area contributed by atoms with E-state index in [1.54, 1.807) is 36.1 Å². The van der Waals surface area contributed by atoms with E-state index < -0.39 is 11.9 Å². The molecule has 0 unspecified atom stereocenters. The summed E-state index contributed by atoms with van der Waals surface area (Å²) in [4.78, 5) is 44.0. The number of hydrazine groups is 1. The summed E-state index contributed by atoms with van der Waals surface area (Å²) in [6.45, 7) is 8.15. The van der Waals surface area contributed by atoms with E-state index in [4.69, 9.17) is 0 Å². The third kappa shape index (κ3) is 9.26. The fourth-order valence-corrected chi connectivity index (χ4v) is 3.72. The lowest BCUT2D eigenvalue weighted by Gasteiger charge is -2.40. The number of hydrogen-bond donors (Lipinski definition) is 2. The van der Waals surface area contributed by atoms with Gasteiger partial charge in [0.05, 0.1) is 6.42 Å². The smallest absolute Gasteiger partial charge is 0.268 e. The van der Waals surface area contributed by atoms with Gasteiger partial charge in [-0.25, -0.2) is 10.5 Å². The molecule has 194 valence electrons. The number of carbonyl (C=O) groups excluding carboxylic acids is 3. The van der Waals surface area contributed by atoms with Crippen LogP contribution in [0, 0.1) is 11.8 Å². The maximum atomic E-state index is 13.6. The van der Waals surface area contributed by atoms with Gasteiger partial charge in [0.2, 0.25) is 11.8 Å². The number of benzene rings is 1. The molecule has 0 spiro atoms. The molecule has 0 aliphatic heterocycles. The van der Waals surface area contributed by atoms with Gasteiger partial charge in [-0.2, -0.15) is 0 Å². The van der Waals surface area contributed by atoms with Crippen molar-refractivity contribution in [1.82, 2.24) is 20.5 Å². The third-order valence-corrected chi connectivity index (χ3v) is 5.53. The number of amides is 3. The van der Waals surface area contributed by atoms with Crippen molar-refractivity contribution in [1.29, 1.82) is 0 Å². The van der Waals surface area contributed by atoms with Crippen LogP contribution in [-0.4, -0.2) is 50.5 Å². The van der Waals surface area contributed by atoms with E-state index in [1.807, 2.05) is 64.1 Å². The van der Waals surface area contributed by atoms with Gasteiger partial charge in [0.25, 0.3) is 5.91 Å². The maximum absolute atomic E-state index is 13.6. The quantitative estimate of drug-likeness (QED) is 0.339. The summed E-state index contributed by atoms with van der Waals surface area (Å²) in [5.74, 6) is -1.12. The van der Waals surface area contributed by atoms with Crippen LogP contribution >= 0.6 is 0 Å². The lowest BCUT2D eigenvalue weighted by molar-refractivity contribution is -0.175. The number of hydroxylamine groups is 1. The molecule has 8 nitrogen and oxygen atoms in total. The Morgan fingerprint density at radius 1 is 1.00 bits per heavy atom. The van der Waals surface area contributed by atoms with Gasteiger partial charge in [0.15, 0.2) is 0 Å². The minimum atomic E-state index is -1.11. The molecule has 1 aromatic heterocycles. The second-order valence-corrected chi connectivity index (χ2v) is 9.62. The summed E-state index contributed by atoms with van der Waals surface area (Å²) in [6, 6.07) is 12.0. The Morgan fingerprint density at radius 2 is 1.72 bits per heavy atom. The van der Waals surface area contributed by atoms with Crippen molar-refractivity contribution < 1.29 is 19.6 Å². The number of nitrogens with zero attached hydrogens (tertiary/aromatic N) is 3. The van der Waals surface area contributed by atoms with Gasteiger partial charge < -0.3 is 0 Å². The highest BCUT2D eigenvalue weighted by Crippen LogP contribution is 2.19. The molecule has 0 aliphatic carbocycles. The number of hydrogen-bond acceptors (Lipinski definition) is 5. The van der Waals surface area contributed by atoms with Crippen molar-refractivity contribution in [2.24, 2.45) is 11.8 Å². The van der Waals surface area contributed by atoms with Crippen molar-refractivity contribution in [3.63, 3.8) is 0 Å². The average molecular weight is 495 g/mol. The van der Waals surface area contributed by atoms with Crippen LogP contribution in [-0.2, 0) is 20.8 Å². The first-order chi connectivity index (χ1) is 17.2. The zero-order valence-electron chi connectivity index (χ0n) is 21.6. The van der Waals surface area contributed by atoms with E-state index in [9.17, 15) is 19.6 Å². The summed E-state index contributed by atoms with van der Waals surface area (Å²) in [6.07, 6.45) is 7.78. The summed E-state index contributed by atoms with van der Waals surface area (Å²) in [7, 11) is 0. The van der Waals surface area contributed by atoms with Gasteiger partial charge in [-0.05, 0) is 41.9 Å². The molecule has 36 heavy (non-hydrogen) atoms. The molecular formula is C28H38N4O4. The zero-order chi connectivity index (χ0) is 26.5. The molecule has 1 aromatic carbocycles. The van der Waals surface area contributed by atoms with Gasteiger partial charge in [0, 0.05) is 25.4 Å². The summed E-state index contributed by atoms with van der Waals surface area (Å²) in [5.41, 5.74) is 3.34. The van der Waals surface area contributed by atoms with Crippen LogP contribution in [0.3, 0.4) is 0 Å². The number of pyridine rings is 1. The monoisotopic (exact) mass is 494 g/mol. The number of carbonyl (C=O) groups is 3. The maximum Gasteiger partial charge on any atom is 0.268 e. The lowest BCUT2D eigenvalue weighted by atomic mass is 10.1. The zero-order valence-corrected chi connectivity index (χ0v) is 21.6. The van der Waals surface area contributed by atoms with E-state index in [1.165, 1.54) is 10.0 Å². The molecule has 0 radical (unpaired) electrons. The molecule has 2 aromatic rings. The molecule has 8 heteroatoms. The molecule has 1 heterocycles. The van der Waals surface area contributed by atoms with Gasteiger partial charge in [-0.3, -0.25) is 29.6 Å². The van der Waals surface area contributed by atoms with Crippen molar-refractivity contribution in [2.75, 3.05) is 6.54 Å². The van der Waals surface area contributed by atoms with E-state index in [0.717, 1.165) is 5.56 Å². The normalized spacial score (nSPS) is 12.1. The van der Waals surface area contributed by atoms with Crippen molar-refractivity contribution in [2.45, 2.75) is 59.4 Å². The van der Waals surface area contributed by atoms with Crippen molar-refractivity contribution >= 4 is 23.8 Å². The minimum absolute atomic E-state index is 0.0287. The first-order valence-electron chi connectivity index (χ1n) is 12.4. The van der Waals surface area contributed by atoms with E-state index >= 15 is 0 Å². The molecular weight excluding hydrogens is 456 g/mol. The molecule has 3 amide bonds. The van der Waals surface area contributed by atoms with Gasteiger partial charge in [0.1, 0.15) is 6.04 Å². The summed E-state index contributed by atoms with van der Waals surface area (Å²) < 4.78 is 0. The van der Waals surface area contributed by atoms with E-state index in [2.05, 4.69) is 4.98 Å². The van der Waals surface area contributed by atoms with Crippen LogP contribution < -0.4 is 5.48 Å². The fourth-order valence-electron chi connectivity index (χ4n) is 3.72. The van der Waals surface area contributed by atoms with Crippen molar-refractivity contribution in [3.05, 3.63) is 72.1 Å². The summed E-state index contributed by atoms with van der Waals surface area (Å²) >= 11 is 0. The van der Waals surface area contributed by atoms with Gasteiger partial charge >= 0.3 is 0 Å². The van der Waals surface area contributed by atoms with Crippen molar-refractivity contribution in [3.8, 4) is 0 Å². The average Bonchev–Trinajstić information content (AvgIpc) is 2.86. The Kier molecular flexibility index (Phi) is 11.8. The Bertz CT molecular complexity index is 993. The Labute approximate surface area is 213 Å². The number of aromatic nitrogens is 1. The number of nitrogens with one attached hydrogen (secondary N) is 1. The van der Waals surface area contributed by atoms with E-state index in [0.29, 0.717) is 12.0 Å². The van der Waals surface area contributed by atoms with Crippen LogP contribution in [0.15, 0.2) is 60.9 Å². The SMILES string of the molecule is CC(C)CCC(=O)N([C@@H](CC=Cc1ccccc1)C(=O)NO)N(CC(C)C)C(=O)Cc1cccnc1. The predicted octanol–water partition coefficient (Wildman–Crippen LogP) is 4.27. The van der Waals surface area contributed by atoms with Gasteiger partial charge in [-0.15, -0.1) is 0 Å². The highest BCUT2D eigenvalue weighted by molar-refractivity contribution is 5.89. The second-order valence-electron chi connectivity index (χ2n) is 9.62. The Morgan fingerprint density at radius 3 is 2.31 bits per heavy atom. The topological polar surface area (TPSA) is 103 Å². The minimum Gasteiger partial charge on any atom is -0.289 e.